The molecule has 2 N–H and O–H groups in total. The second-order valence-corrected chi connectivity index (χ2v) is 4.96. The fourth-order valence-electron chi connectivity index (χ4n) is 2.56. The molecule has 1 aromatic rings. The van der Waals surface area contributed by atoms with E-state index >= 15 is 0 Å². The van der Waals surface area contributed by atoms with Crippen molar-refractivity contribution in [2.45, 2.75) is 45.1 Å². The quantitative estimate of drug-likeness (QED) is 0.815. The minimum absolute atomic E-state index is 0.532. The van der Waals surface area contributed by atoms with Crippen molar-refractivity contribution < 1.29 is 4.74 Å². The summed E-state index contributed by atoms with van der Waals surface area (Å²) in [5.41, 5.74) is 5.72. The van der Waals surface area contributed by atoms with Crippen molar-refractivity contribution in [2.75, 3.05) is 24.6 Å². The molecule has 0 atom stereocenters. The molecule has 1 saturated carbocycles. The van der Waals surface area contributed by atoms with E-state index in [1.54, 1.807) is 6.20 Å². The molecule has 5 heteroatoms. The molecule has 0 spiro atoms. The van der Waals surface area contributed by atoms with Gasteiger partial charge in [-0.2, -0.15) is 4.98 Å². The van der Waals surface area contributed by atoms with Crippen LogP contribution in [-0.4, -0.2) is 35.7 Å². The lowest BCUT2D eigenvalue weighted by molar-refractivity contribution is 0.304. The summed E-state index contributed by atoms with van der Waals surface area (Å²) in [5.74, 6) is 1.41. The van der Waals surface area contributed by atoms with E-state index in [1.807, 2.05) is 6.07 Å². The van der Waals surface area contributed by atoms with Crippen molar-refractivity contribution in [3.8, 4) is 5.88 Å². The molecule has 2 rings (SSSR count). The average Bonchev–Trinajstić information content (AvgIpc) is 2.96. The summed E-state index contributed by atoms with van der Waals surface area (Å²) >= 11 is 0. The topological polar surface area (TPSA) is 64.3 Å². The van der Waals surface area contributed by atoms with Gasteiger partial charge in [0.2, 0.25) is 11.8 Å². The Morgan fingerprint density at radius 3 is 2.89 bits per heavy atom. The van der Waals surface area contributed by atoms with E-state index in [1.165, 1.54) is 25.7 Å². The van der Waals surface area contributed by atoms with Gasteiger partial charge in [-0.3, -0.25) is 0 Å². The first-order chi connectivity index (χ1) is 9.35. The van der Waals surface area contributed by atoms with Crippen LogP contribution in [0.3, 0.4) is 0 Å². The molecule has 1 aliphatic rings. The summed E-state index contributed by atoms with van der Waals surface area (Å²) in [7, 11) is 0. The van der Waals surface area contributed by atoms with Crippen molar-refractivity contribution in [3.63, 3.8) is 0 Å². The maximum absolute atomic E-state index is 5.72. The van der Waals surface area contributed by atoms with Gasteiger partial charge in [-0.15, -0.1) is 0 Å². The minimum atomic E-state index is 0.532. The SMILES string of the molecule is CCCOc1ccnc(N(CCN)C2CCCC2)n1. The fraction of sp³-hybridized carbons (Fsp3) is 0.714. The highest BCUT2D eigenvalue weighted by atomic mass is 16.5. The van der Waals surface area contributed by atoms with E-state index in [-0.39, 0.29) is 0 Å². The first kappa shape index (κ1) is 14.1. The van der Waals surface area contributed by atoms with Crippen LogP contribution in [0, 0.1) is 0 Å². The lowest BCUT2D eigenvalue weighted by Crippen LogP contribution is -2.38. The maximum atomic E-state index is 5.72. The molecule has 0 saturated heterocycles. The molecule has 1 aromatic heterocycles. The third kappa shape index (κ3) is 3.80. The number of anilines is 1. The molecule has 1 aliphatic carbocycles. The summed E-state index contributed by atoms with van der Waals surface area (Å²) in [6.07, 6.45) is 7.75. The van der Waals surface area contributed by atoms with Gasteiger partial charge in [0.05, 0.1) is 6.61 Å². The molecule has 1 heterocycles. The monoisotopic (exact) mass is 264 g/mol. The Bertz CT molecular complexity index is 379. The molecule has 0 bridgehead atoms. The Morgan fingerprint density at radius 2 is 2.21 bits per heavy atom. The Labute approximate surface area is 115 Å². The fourth-order valence-corrected chi connectivity index (χ4v) is 2.56. The Hall–Kier alpha value is -1.36. The largest absolute Gasteiger partial charge is 0.478 e. The number of nitrogens with zero attached hydrogens (tertiary/aromatic N) is 3. The molecule has 0 radical (unpaired) electrons. The standard InChI is InChI=1S/C14H24N4O/c1-2-11-19-13-7-9-16-14(17-13)18(10-8-15)12-5-3-4-6-12/h7,9,12H,2-6,8,10-11,15H2,1H3. The predicted molar refractivity (Wildman–Crippen MR) is 76.5 cm³/mol. The van der Waals surface area contributed by atoms with Gasteiger partial charge in [0.15, 0.2) is 0 Å². The van der Waals surface area contributed by atoms with Crippen LogP contribution in [0.1, 0.15) is 39.0 Å². The van der Waals surface area contributed by atoms with Gasteiger partial charge in [0.1, 0.15) is 0 Å². The summed E-state index contributed by atoms with van der Waals surface area (Å²) in [4.78, 5) is 11.1. The van der Waals surface area contributed by atoms with Crippen LogP contribution in [0.15, 0.2) is 12.3 Å². The first-order valence-corrected chi connectivity index (χ1v) is 7.27. The van der Waals surface area contributed by atoms with Crippen molar-refractivity contribution >= 4 is 5.95 Å². The Balaban J connectivity index is 2.11. The lowest BCUT2D eigenvalue weighted by atomic mass is 10.2. The number of nitrogens with two attached hydrogens (primary N) is 1. The highest BCUT2D eigenvalue weighted by Crippen LogP contribution is 2.26. The van der Waals surface area contributed by atoms with Crippen molar-refractivity contribution in [1.82, 2.24) is 9.97 Å². The van der Waals surface area contributed by atoms with Crippen LogP contribution in [0.25, 0.3) is 0 Å². The molecule has 1 fully saturated rings. The second-order valence-electron chi connectivity index (χ2n) is 4.96. The molecule has 0 aromatic carbocycles. The Kier molecular flexibility index (Phi) is 5.39. The van der Waals surface area contributed by atoms with E-state index in [0.29, 0.717) is 25.1 Å². The van der Waals surface area contributed by atoms with E-state index in [0.717, 1.165) is 18.9 Å². The van der Waals surface area contributed by atoms with E-state index < -0.39 is 0 Å². The molecular weight excluding hydrogens is 240 g/mol. The van der Waals surface area contributed by atoms with Crippen molar-refractivity contribution in [3.05, 3.63) is 12.3 Å². The zero-order valence-electron chi connectivity index (χ0n) is 11.7. The van der Waals surface area contributed by atoms with Gasteiger partial charge in [-0.1, -0.05) is 19.8 Å². The second kappa shape index (κ2) is 7.28. The zero-order valence-corrected chi connectivity index (χ0v) is 11.7. The smallest absolute Gasteiger partial charge is 0.228 e. The van der Waals surface area contributed by atoms with Crippen LogP contribution < -0.4 is 15.4 Å². The molecule has 0 amide bonds. The normalized spacial score (nSPS) is 15.7. The van der Waals surface area contributed by atoms with Crippen molar-refractivity contribution in [2.24, 2.45) is 5.73 Å². The van der Waals surface area contributed by atoms with Gasteiger partial charge in [-0.05, 0) is 19.3 Å². The number of rotatable bonds is 7. The van der Waals surface area contributed by atoms with Crippen LogP contribution in [0.2, 0.25) is 0 Å². The number of ether oxygens (including phenoxy) is 1. The number of aromatic nitrogens is 2. The summed E-state index contributed by atoms with van der Waals surface area (Å²) in [5, 5.41) is 0. The molecule has 0 unspecified atom stereocenters. The predicted octanol–water partition coefficient (Wildman–Crippen LogP) is 1.97. The van der Waals surface area contributed by atoms with Gasteiger partial charge >= 0.3 is 0 Å². The van der Waals surface area contributed by atoms with Crippen LogP contribution in [0.5, 0.6) is 5.88 Å². The first-order valence-electron chi connectivity index (χ1n) is 7.27. The molecular formula is C14H24N4O. The van der Waals surface area contributed by atoms with E-state index in [9.17, 15) is 0 Å². The van der Waals surface area contributed by atoms with Crippen LogP contribution in [0.4, 0.5) is 5.95 Å². The summed E-state index contributed by atoms with van der Waals surface area (Å²) in [6, 6.07) is 2.35. The molecule has 19 heavy (non-hydrogen) atoms. The molecule has 5 nitrogen and oxygen atoms in total. The average molecular weight is 264 g/mol. The number of hydrogen-bond acceptors (Lipinski definition) is 5. The zero-order chi connectivity index (χ0) is 13.5. The molecule has 106 valence electrons. The van der Waals surface area contributed by atoms with Gasteiger partial charge < -0.3 is 15.4 Å². The van der Waals surface area contributed by atoms with E-state index in [2.05, 4.69) is 21.8 Å². The molecule has 0 aliphatic heterocycles. The third-order valence-corrected chi connectivity index (χ3v) is 3.46. The highest BCUT2D eigenvalue weighted by molar-refractivity contribution is 5.34. The van der Waals surface area contributed by atoms with Crippen molar-refractivity contribution in [1.29, 1.82) is 0 Å². The van der Waals surface area contributed by atoms with Crippen LogP contribution in [-0.2, 0) is 0 Å². The number of hydrogen-bond donors (Lipinski definition) is 1. The Morgan fingerprint density at radius 1 is 1.42 bits per heavy atom. The summed E-state index contributed by atoms with van der Waals surface area (Å²) < 4.78 is 5.58. The van der Waals surface area contributed by atoms with E-state index in [4.69, 9.17) is 10.5 Å². The highest BCUT2D eigenvalue weighted by Gasteiger charge is 2.24. The third-order valence-electron chi connectivity index (χ3n) is 3.46. The minimum Gasteiger partial charge on any atom is -0.478 e. The maximum Gasteiger partial charge on any atom is 0.228 e. The van der Waals surface area contributed by atoms with Gasteiger partial charge in [-0.25, -0.2) is 4.98 Å². The van der Waals surface area contributed by atoms with Gasteiger partial charge in [0.25, 0.3) is 0 Å². The summed E-state index contributed by atoms with van der Waals surface area (Å²) in [6.45, 7) is 4.21. The van der Waals surface area contributed by atoms with Crippen LogP contribution >= 0.6 is 0 Å². The van der Waals surface area contributed by atoms with Gasteiger partial charge in [0, 0.05) is 31.4 Å². The lowest BCUT2D eigenvalue weighted by Gasteiger charge is -2.28.